The summed E-state index contributed by atoms with van der Waals surface area (Å²) in [5, 5.41) is 31.0. The second kappa shape index (κ2) is 8.81. The van der Waals surface area contributed by atoms with Crippen molar-refractivity contribution in [1.29, 1.82) is 5.26 Å². The van der Waals surface area contributed by atoms with Gasteiger partial charge in [0.2, 0.25) is 11.0 Å². The van der Waals surface area contributed by atoms with E-state index < -0.39 is 0 Å². The van der Waals surface area contributed by atoms with Gasteiger partial charge in [-0.3, -0.25) is 9.78 Å². The van der Waals surface area contributed by atoms with E-state index in [9.17, 15) is 10.1 Å². The van der Waals surface area contributed by atoms with Crippen molar-refractivity contribution in [2.24, 2.45) is 5.41 Å². The standard InChI is InChI=1S/C26H27N9OS/c1-15(2)30-20-9-21(22-5-4-18-8-17(10-27)11-29-35(18)22)28-12-19(20)24-32-33-25(37-24)34-13-23(31-16(3)36)26(14-34)6-7-26/h4-5,8-9,11-12,15,23H,6-7,13-14H2,1-3H3,(H,28,30)(H,31,36)/t23-/m0/s1. The molecule has 4 aromatic heterocycles. The second-order valence-electron chi connectivity index (χ2n) is 10.2. The van der Waals surface area contributed by atoms with Crippen LogP contribution in [0.2, 0.25) is 0 Å². The lowest BCUT2D eigenvalue weighted by molar-refractivity contribution is -0.119. The average Bonchev–Trinajstić information content (AvgIpc) is 3.19. The molecule has 2 aliphatic rings. The fraction of sp³-hybridized carbons (Fsp3) is 0.385. The van der Waals surface area contributed by atoms with E-state index in [4.69, 9.17) is 4.98 Å². The Bertz CT molecular complexity index is 1550. The third-order valence-electron chi connectivity index (χ3n) is 7.07. The molecule has 5 heterocycles. The fourth-order valence-corrected chi connectivity index (χ4v) is 6.01. The van der Waals surface area contributed by atoms with Crippen molar-refractivity contribution in [2.45, 2.75) is 45.7 Å². The van der Waals surface area contributed by atoms with Gasteiger partial charge in [-0.25, -0.2) is 4.52 Å². The molecule has 1 atom stereocenters. The molecule has 2 fully saturated rings. The zero-order chi connectivity index (χ0) is 25.7. The van der Waals surface area contributed by atoms with Crippen LogP contribution in [0, 0.1) is 16.7 Å². The summed E-state index contributed by atoms with van der Waals surface area (Å²) in [6, 6.07) is 10.2. The van der Waals surface area contributed by atoms with E-state index in [1.54, 1.807) is 29.0 Å². The molecule has 0 bridgehead atoms. The van der Waals surface area contributed by atoms with Crippen molar-refractivity contribution < 1.29 is 4.79 Å². The van der Waals surface area contributed by atoms with E-state index >= 15 is 0 Å². The van der Waals surface area contributed by atoms with E-state index in [-0.39, 0.29) is 23.4 Å². The fourth-order valence-electron chi connectivity index (χ4n) is 5.13. The van der Waals surface area contributed by atoms with Gasteiger partial charge in [0.15, 0.2) is 5.01 Å². The zero-order valence-electron chi connectivity index (χ0n) is 20.9. The van der Waals surface area contributed by atoms with Gasteiger partial charge in [0.1, 0.15) is 6.07 Å². The van der Waals surface area contributed by atoms with Crippen molar-refractivity contribution in [3.8, 4) is 28.0 Å². The maximum absolute atomic E-state index is 11.7. The molecule has 0 unspecified atom stereocenters. The maximum Gasteiger partial charge on any atom is 0.217 e. The molecule has 6 rings (SSSR count). The predicted molar refractivity (Wildman–Crippen MR) is 142 cm³/mol. The summed E-state index contributed by atoms with van der Waals surface area (Å²) in [6.45, 7) is 7.41. The molecule has 1 aliphatic carbocycles. The van der Waals surface area contributed by atoms with Crippen molar-refractivity contribution in [3.05, 3.63) is 42.2 Å². The number of nitriles is 1. The highest BCUT2D eigenvalue weighted by atomic mass is 32.1. The van der Waals surface area contributed by atoms with Crippen LogP contribution in [0.15, 0.2) is 36.7 Å². The highest BCUT2D eigenvalue weighted by molar-refractivity contribution is 7.18. The van der Waals surface area contributed by atoms with Crippen LogP contribution in [0.5, 0.6) is 0 Å². The van der Waals surface area contributed by atoms with Crippen LogP contribution < -0.4 is 15.5 Å². The summed E-state index contributed by atoms with van der Waals surface area (Å²) < 4.78 is 1.79. The summed E-state index contributed by atoms with van der Waals surface area (Å²) in [5.74, 6) is 0.0168. The van der Waals surface area contributed by atoms with Gasteiger partial charge in [-0.2, -0.15) is 10.4 Å². The number of carbonyl (C=O) groups is 1. The first-order valence-electron chi connectivity index (χ1n) is 12.4. The molecule has 0 radical (unpaired) electrons. The first-order chi connectivity index (χ1) is 17.8. The molecule has 2 N–H and O–H groups in total. The molecule has 1 amide bonds. The molecule has 4 aromatic rings. The minimum atomic E-state index is 0.0168. The Labute approximate surface area is 218 Å². The van der Waals surface area contributed by atoms with Crippen LogP contribution >= 0.6 is 11.3 Å². The number of rotatable bonds is 6. The number of amides is 1. The molecule has 37 heavy (non-hydrogen) atoms. The van der Waals surface area contributed by atoms with Crippen molar-refractivity contribution >= 4 is 33.6 Å². The summed E-state index contributed by atoms with van der Waals surface area (Å²) in [6.07, 6.45) is 5.66. The van der Waals surface area contributed by atoms with Crippen LogP contribution in [0.3, 0.4) is 0 Å². The largest absolute Gasteiger partial charge is 0.382 e. The summed E-state index contributed by atoms with van der Waals surface area (Å²) in [5.41, 5.74) is 4.94. The molecule has 1 saturated heterocycles. The number of aromatic nitrogens is 5. The smallest absolute Gasteiger partial charge is 0.217 e. The number of carbonyl (C=O) groups excluding carboxylic acids is 1. The number of nitrogens with one attached hydrogen (secondary N) is 2. The van der Waals surface area contributed by atoms with Crippen LogP contribution in [0.1, 0.15) is 39.2 Å². The number of anilines is 2. The van der Waals surface area contributed by atoms with Crippen LogP contribution in [-0.4, -0.2) is 55.9 Å². The van der Waals surface area contributed by atoms with Crippen LogP contribution in [-0.2, 0) is 4.79 Å². The van der Waals surface area contributed by atoms with E-state index in [0.717, 1.165) is 64.2 Å². The molecule has 0 aromatic carbocycles. The monoisotopic (exact) mass is 513 g/mol. The summed E-state index contributed by atoms with van der Waals surface area (Å²) in [4.78, 5) is 18.7. The SMILES string of the molecule is CC(=O)N[C@H]1CN(c2nnc(-c3cnc(-c4ccc5cc(C#N)cnn45)cc3NC(C)C)s2)CC12CC2. The lowest BCUT2D eigenvalue weighted by atomic mass is 10.0. The Morgan fingerprint density at radius 1 is 1.24 bits per heavy atom. The van der Waals surface area contributed by atoms with E-state index in [1.165, 1.54) is 0 Å². The minimum Gasteiger partial charge on any atom is -0.382 e. The van der Waals surface area contributed by atoms with Crippen LogP contribution in [0.25, 0.3) is 27.5 Å². The van der Waals surface area contributed by atoms with E-state index in [2.05, 4.69) is 50.7 Å². The van der Waals surface area contributed by atoms with Crippen molar-refractivity contribution in [1.82, 2.24) is 30.1 Å². The van der Waals surface area contributed by atoms with Gasteiger partial charge in [-0.1, -0.05) is 11.3 Å². The Morgan fingerprint density at radius 3 is 2.81 bits per heavy atom. The quantitative estimate of drug-likeness (QED) is 0.400. The predicted octanol–water partition coefficient (Wildman–Crippen LogP) is 3.71. The van der Waals surface area contributed by atoms with Gasteiger partial charge < -0.3 is 15.5 Å². The second-order valence-corrected chi connectivity index (χ2v) is 11.2. The van der Waals surface area contributed by atoms with Gasteiger partial charge in [-0.05, 0) is 51.0 Å². The number of hydrogen-bond acceptors (Lipinski definition) is 9. The van der Waals surface area contributed by atoms with E-state index in [0.29, 0.717) is 5.56 Å². The zero-order valence-corrected chi connectivity index (χ0v) is 21.7. The highest BCUT2D eigenvalue weighted by Gasteiger charge is 2.56. The number of fused-ring (bicyclic) bond motifs is 1. The third-order valence-corrected chi connectivity index (χ3v) is 8.09. The van der Waals surface area contributed by atoms with Gasteiger partial charge in [0, 0.05) is 43.4 Å². The Kier molecular flexibility index (Phi) is 5.56. The van der Waals surface area contributed by atoms with Crippen molar-refractivity contribution in [3.63, 3.8) is 0 Å². The molecule has 1 saturated carbocycles. The Morgan fingerprint density at radius 2 is 2.08 bits per heavy atom. The topological polar surface area (TPSA) is 124 Å². The van der Waals surface area contributed by atoms with Crippen molar-refractivity contribution in [2.75, 3.05) is 23.3 Å². The first kappa shape index (κ1) is 23.4. The lowest BCUT2D eigenvalue weighted by Crippen LogP contribution is -2.40. The lowest BCUT2D eigenvalue weighted by Gasteiger charge is -2.16. The molecule has 11 heteroatoms. The normalized spacial score (nSPS) is 17.9. The molecular formula is C26H27N9OS. The summed E-state index contributed by atoms with van der Waals surface area (Å²) >= 11 is 1.55. The molecule has 1 spiro atoms. The Hall–Kier alpha value is -4.04. The number of hydrogen-bond donors (Lipinski definition) is 2. The van der Waals surface area contributed by atoms with Gasteiger partial charge in [0.05, 0.1) is 40.3 Å². The molecular weight excluding hydrogens is 486 g/mol. The van der Waals surface area contributed by atoms with E-state index in [1.807, 2.05) is 30.5 Å². The molecule has 188 valence electrons. The highest BCUT2D eigenvalue weighted by Crippen LogP contribution is 2.54. The van der Waals surface area contributed by atoms with Gasteiger partial charge in [-0.15, -0.1) is 10.2 Å². The summed E-state index contributed by atoms with van der Waals surface area (Å²) in [7, 11) is 0. The molecule has 1 aliphatic heterocycles. The number of pyridine rings is 1. The minimum absolute atomic E-state index is 0.0168. The number of nitrogens with zero attached hydrogens (tertiary/aromatic N) is 7. The third kappa shape index (κ3) is 4.27. The maximum atomic E-state index is 11.7. The van der Waals surface area contributed by atoms with Gasteiger partial charge in [0.25, 0.3) is 0 Å². The first-order valence-corrected chi connectivity index (χ1v) is 13.2. The Balaban J connectivity index is 1.32. The average molecular weight is 514 g/mol. The van der Waals surface area contributed by atoms with Crippen LogP contribution in [0.4, 0.5) is 10.8 Å². The molecule has 10 nitrogen and oxygen atoms in total. The van der Waals surface area contributed by atoms with Gasteiger partial charge >= 0.3 is 0 Å².